The van der Waals surface area contributed by atoms with Gasteiger partial charge >= 0.3 is 0 Å². The van der Waals surface area contributed by atoms with Gasteiger partial charge in [0, 0.05) is 32.8 Å². The minimum Gasteiger partial charge on any atom is -0.396 e. The molecule has 1 rings (SSSR count). The Kier molecular flexibility index (Phi) is 8.02. The van der Waals surface area contributed by atoms with Crippen LogP contribution < -0.4 is 5.32 Å². The predicted octanol–water partition coefficient (Wildman–Crippen LogP) is 0.764. The van der Waals surface area contributed by atoms with Crippen molar-refractivity contribution in [2.24, 2.45) is 0 Å². The smallest absolute Gasteiger partial charge is 0.239 e. The lowest BCUT2D eigenvalue weighted by atomic mass is 10.2. The molecule has 1 aliphatic heterocycles. The molecule has 0 radical (unpaired) electrons. The highest BCUT2D eigenvalue weighted by Gasteiger charge is 2.23. The number of likely N-dealkylation sites (tertiary alicyclic amines) is 1. The number of hydrogen-bond acceptors (Lipinski definition) is 4. The molecule has 1 aliphatic rings. The van der Waals surface area contributed by atoms with Crippen molar-refractivity contribution in [3.8, 4) is 0 Å². The van der Waals surface area contributed by atoms with E-state index in [9.17, 15) is 4.79 Å². The quantitative estimate of drug-likeness (QED) is 0.718. The van der Waals surface area contributed by atoms with Crippen LogP contribution in [0.3, 0.4) is 0 Å². The van der Waals surface area contributed by atoms with Crippen LogP contribution in [0.25, 0.3) is 0 Å². The molecule has 1 heterocycles. The molecule has 0 aromatic carbocycles. The maximum absolute atomic E-state index is 12.4. The van der Waals surface area contributed by atoms with Crippen molar-refractivity contribution in [2.75, 3.05) is 33.4 Å². The van der Waals surface area contributed by atoms with E-state index >= 15 is 0 Å². The summed E-state index contributed by atoms with van der Waals surface area (Å²) in [5.41, 5.74) is 0. The van der Waals surface area contributed by atoms with Crippen LogP contribution in [-0.4, -0.2) is 61.4 Å². The summed E-state index contributed by atoms with van der Waals surface area (Å²) in [5, 5.41) is 12.3. The monoisotopic (exact) mass is 272 g/mol. The van der Waals surface area contributed by atoms with E-state index in [-0.39, 0.29) is 24.6 Å². The Labute approximate surface area is 116 Å². The largest absolute Gasteiger partial charge is 0.396 e. The van der Waals surface area contributed by atoms with Gasteiger partial charge in [0.15, 0.2) is 0 Å². The second-order valence-electron chi connectivity index (χ2n) is 5.29. The molecule has 5 heteroatoms. The first-order valence-corrected chi connectivity index (χ1v) is 7.33. The van der Waals surface area contributed by atoms with E-state index in [2.05, 4.69) is 5.32 Å². The first kappa shape index (κ1) is 16.4. The van der Waals surface area contributed by atoms with Gasteiger partial charge < -0.3 is 20.1 Å². The Balaban J connectivity index is 2.44. The van der Waals surface area contributed by atoms with E-state index in [0.717, 1.165) is 25.9 Å². The topological polar surface area (TPSA) is 61.8 Å². The maximum atomic E-state index is 12.4. The number of ether oxygens (including phenoxy) is 1. The van der Waals surface area contributed by atoms with E-state index in [1.54, 1.807) is 7.11 Å². The molecule has 0 aromatic heterocycles. The number of nitrogens with zero attached hydrogens (tertiary/aromatic N) is 1. The summed E-state index contributed by atoms with van der Waals surface area (Å²) >= 11 is 0. The minimum absolute atomic E-state index is 0.0286. The van der Waals surface area contributed by atoms with Crippen LogP contribution in [0.15, 0.2) is 0 Å². The van der Waals surface area contributed by atoms with Gasteiger partial charge in [0.1, 0.15) is 0 Å². The Morgan fingerprint density at radius 1 is 1.32 bits per heavy atom. The van der Waals surface area contributed by atoms with E-state index in [4.69, 9.17) is 9.84 Å². The van der Waals surface area contributed by atoms with Crippen molar-refractivity contribution in [1.82, 2.24) is 10.2 Å². The van der Waals surface area contributed by atoms with Gasteiger partial charge in [-0.3, -0.25) is 4.79 Å². The fraction of sp³-hybridized carbons (Fsp3) is 0.929. The number of methoxy groups -OCH3 is 1. The number of carbonyl (C=O) groups excluding carboxylic acids is 1. The Morgan fingerprint density at radius 3 is 2.47 bits per heavy atom. The zero-order valence-corrected chi connectivity index (χ0v) is 12.2. The van der Waals surface area contributed by atoms with Crippen molar-refractivity contribution in [3.05, 3.63) is 0 Å². The van der Waals surface area contributed by atoms with E-state index < -0.39 is 0 Å². The Morgan fingerprint density at radius 2 is 1.95 bits per heavy atom. The summed E-state index contributed by atoms with van der Waals surface area (Å²) in [6.07, 6.45) is 5.27. The number of amides is 1. The molecule has 19 heavy (non-hydrogen) atoms. The minimum atomic E-state index is -0.218. The number of carbonyl (C=O) groups is 1. The van der Waals surface area contributed by atoms with Crippen LogP contribution in [0.4, 0.5) is 0 Å². The van der Waals surface area contributed by atoms with Gasteiger partial charge in [-0.05, 0) is 26.2 Å². The molecular formula is C14H28N2O3. The van der Waals surface area contributed by atoms with Crippen LogP contribution in [-0.2, 0) is 9.53 Å². The highest BCUT2D eigenvalue weighted by Crippen LogP contribution is 2.11. The van der Waals surface area contributed by atoms with Crippen molar-refractivity contribution in [1.29, 1.82) is 0 Å². The predicted molar refractivity (Wildman–Crippen MR) is 75.0 cm³/mol. The number of nitrogens with one attached hydrogen (secondary N) is 1. The molecule has 0 aromatic rings. The standard InChI is InChI=1S/C14H28N2O3/c1-12(15-13(7-10-17)11-19-2)14(18)16-8-5-3-4-6-9-16/h12-13,15,17H,3-11H2,1-2H3. The third kappa shape index (κ3) is 5.89. The van der Waals surface area contributed by atoms with Crippen molar-refractivity contribution in [3.63, 3.8) is 0 Å². The molecule has 1 saturated heterocycles. The molecule has 1 fully saturated rings. The molecule has 1 amide bonds. The van der Waals surface area contributed by atoms with Gasteiger partial charge in [0.2, 0.25) is 5.91 Å². The molecule has 2 atom stereocenters. The van der Waals surface area contributed by atoms with Crippen LogP contribution in [0, 0.1) is 0 Å². The van der Waals surface area contributed by atoms with E-state index in [1.165, 1.54) is 12.8 Å². The van der Waals surface area contributed by atoms with Gasteiger partial charge in [0.05, 0.1) is 12.6 Å². The first-order valence-electron chi connectivity index (χ1n) is 7.33. The summed E-state index contributed by atoms with van der Waals surface area (Å²) in [5.74, 6) is 0.168. The van der Waals surface area contributed by atoms with Crippen molar-refractivity contribution >= 4 is 5.91 Å². The van der Waals surface area contributed by atoms with Gasteiger partial charge in [-0.1, -0.05) is 12.8 Å². The van der Waals surface area contributed by atoms with Crippen LogP contribution in [0.2, 0.25) is 0 Å². The number of hydrogen-bond donors (Lipinski definition) is 2. The highest BCUT2D eigenvalue weighted by atomic mass is 16.5. The third-order valence-corrected chi connectivity index (χ3v) is 3.62. The molecule has 2 unspecified atom stereocenters. The van der Waals surface area contributed by atoms with Gasteiger partial charge in [-0.2, -0.15) is 0 Å². The number of aliphatic hydroxyl groups excluding tert-OH is 1. The molecule has 2 N–H and O–H groups in total. The third-order valence-electron chi connectivity index (χ3n) is 3.62. The average Bonchev–Trinajstić information content (AvgIpc) is 2.67. The second-order valence-corrected chi connectivity index (χ2v) is 5.29. The van der Waals surface area contributed by atoms with Crippen molar-refractivity contribution in [2.45, 2.75) is 51.1 Å². The summed E-state index contributed by atoms with van der Waals surface area (Å²) in [4.78, 5) is 14.3. The molecular weight excluding hydrogens is 244 g/mol. The zero-order valence-electron chi connectivity index (χ0n) is 12.2. The number of rotatable bonds is 7. The lowest BCUT2D eigenvalue weighted by Gasteiger charge is -2.27. The van der Waals surface area contributed by atoms with Crippen molar-refractivity contribution < 1.29 is 14.6 Å². The molecule has 5 nitrogen and oxygen atoms in total. The highest BCUT2D eigenvalue weighted by molar-refractivity contribution is 5.81. The normalized spacial score (nSPS) is 19.8. The summed E-state index contributed by atoms with van der Waals surface area (Å²) in [7, 11) is 1.63. The summed E-state index contributed by atoms with van der Waals surface area (Å²) in [6, 6.07) is -0.189. The fourth-order valence-corrected chi connectivity index (χ4v) is 2.56. The zero-order chi connectivity index (χ0) is 14.1. The van der Waals surface area contributed by atoms with Gasteiger partial charge in [-0.25, -0.2) is 0 Å². The number of aliphatic hydroxyl groups is 1. The van der Waals surface area contributed by atoms with E-state index in [0.29, 0.717) is 13.0 Å². The SMILES string of the molecule is COCC(CCO)NC(C)C(=O)N1CCCCCC1. The maximum Gasteiger partial charge on any atom is 0.239 e. The van der Waals surface area contributed by atoms with E-state index in [1.807, 2.05) is 11.8 Å². The molecule has 0 bridgehead atoms. The molecule has 0 spiro atoms. The summed E-state index contributed by atoms with van der Waals surface area (Å²) < 4.78 is 5.10. The summed E-state index contributed by atoms with van der Waals surface area (Å²) in [6.45, 7) is 4.26. The fourth-order valence-electron chi connectivity index (χ4n) is 2.56. The molecule has 112 valence electrons. The van der Waals surface area contributed by atoms with Gasteiger partial charge in [0.25, 0.3) is 0 Å². The average molecular weight is 272 g/mol. The lowest BCUT2D eigenvalue weighted by Crippen LogP contribution is -2.50. The molecule has 0 saturated carbocycles. The Hall–Kier alpha value is -0.650. The molecule has 0 aliphatic carbocycles. The Bertz CT molecular complexity index is 247. The van der Waals surface area contributed by atoms with Crippen LogP contribution in [0.1, 0.15) is 39.0 Å². The second kappa shape index (κ2) is 9.28. The van der Waals surface area contributed by atoms with Crippen LogP contribution in [0.5, 0.6) is 0 Å². The van der Waals surface area contributed by atoms with Gasteiger partial charge in [-0.15, -0.1) is 0 Å². The van der Waals surface area contributed by atoms with Crippen LogP contribution >= 0.6 is 0 Å². The lowest BCUT2D eigenvalue weighted by molar-refractivity contribution is -0.133. The first-order chi connectivity index (χ1) is 9.19.